The summed E-state index contributed by atoms with van der Waals surface area (Å²) in [6.07, 6.45) is 0.691. The summed E-state index contributed by atoms with van der Waals surface area (Å²) in [5.41, 5.74) is 2.36. The third kappa shape index (κ3) is 3.46. The number of hydrogen-bond donors (Lipinski definition) is 3. The van der Waals surface area contributed by atoms with Crippen LogP contribution in [0.3, 0.4) is 0 Å². The van der Waals surface area contributed by atoms with Crippen molar-refractivity contribution in [3.8, 4) is 0 Å². The number of aliphatic hydroxyl groups excluding tert-OH is 2. The van der Waals surface area contributed by atoms with Crippen molar-refractivity contribution in [1.29, 1.82) is 0 Å². The maximum Gasteiger partial charge on any atom is 0.0556 e. The van der Waals surface area contributed by atoms with Crippen LogP contribution in [0.1, 0.15) is 11.1 Å². The molecule has 0 spiro atoms. The van der Waals surface area contributed by atoms with E-state index in [1.807, 2.05) is 24.3 Å². The summed E-state index contributed by atoms with van der Waals surface area (Å²) in [6.45, 7) is 1.68. The molecule has 3 heteroatoms. The molecule has 3 N–H and O–H groups in total. The fourth-order valence-corrected chi connectivity index (χ4v) is 1.40. The molecule has 78 valence electrons. The van der Waals surface area contributed by atoms with Gasteiger partial charge in [0.25, 0.3) is 0 Å². The normalized spacial score (nSPS) is 10.4. The highest BCUT2D eigenvalue weighted by atomic mass is 16.3. The van der Waals surface area contributed by atoms with Crippen molar-refractivity contribution in [3.63, 3.8) is 0 Å². The zero-order chi connectivity index (χ0) is 10.2. The summed E-state index contributed by atoms with van der Waals surface area (Å²) < 4.78 is 0. The number of benzene rings is 1. The van der Waals surface area contributed by atoms with Crippen LogP contribution >= 0.6 is 0 Å². The zero-order valence-corrected chi connectivity index (χ0v) is 8.24. The summed E-state index contributed by atoms with van der Waals surface area (Å²) >= 11 is 0. The Kier molecular flexibility index (Phi) is 5.22. The molecule has 1 rings (SSSR count). The number of rotatable bonds is 6. The molecule has 0 fully saturated rings. The van der Waals surface area contributed by atoms with E-state index in [0.29, 0.717) is 13.0 Å². The van der Waals surface area contributed by atoms with Crippen LogP contribution in [0, 0.1) is 0 Å². The van der Waals surface area contributed by atoms with Crippen LogP contribution in [0.2, 0.25) is 0 Å². The predicted octanol–water partition coefficient (Wildman–Crippen LogP) is 0.303. The van der Waals surface area contributed by atoms with Gasteiger partial charge in [-0.1, -0.05) is 24.3 Å². The molecule has 14 heavy (non-hydrogen) atoms. The Bertz CT molecular complexity index is 263. The largest absolute Gasteiger partial charge is 0.396 e. The lowest BCUT2D eigenvalue weighted by atomic mass is 10.1. The lowest BCUT2D eigenvalue weighted by Crippen LogP contribution is -2.18. The smallest absolute Gasteiger partial charge is 0.0556 e. The molecule has 0 aliphatic rings. The van der Waals surface area contributed by atoms with Gasteiger partial charge in [-0.3, -0.25) is 0 Å². The van der Waals surface area contributed by atoms with Crippen LogP contribution in [0.25, 0.3) is 0 Å². The van der Waals surface area contributed by atoms with Gasteiger partial charge in [-0.15, -0.1) is 0 Å². The summed E-state index contributed by atoms with van der Waals surface area (Å²) in [7, 11) is 0. The lowest BCUT2D eigenvalue weighted by Gasteiger charge is -2.08. The molecule has 0 unspecified atom stereocenters. The maximum absolute atomic E-state index is 8.86. The van der Waals surface area contributed by atoms with Gasteiger partial charge < -0.3 is 15.5 Å². The monoisotopic (exact) mass is 195 g/mol. The minimum absolute atomic E-state index is 0.155. The van der Waals surface area contributed by atoms with Gasteiger partial charge >= 0.3 is 0 Å². The van der Waals surface area contributed by atoms with Crippen molar-refractivity contribution in [3.05, 3.63) is 35.4 Å². The van der Waals surface area contributed by atoms with E-state index in [1.165, 1.54) is 11.1 Å². The molecule has 0 radical (unpaired) electrons. The van der Waals surface area contributed by atoms with E-state index in [-0.39, 0.29) is 13.2 Å². The molecule has 0 aromatic heterocycles. The molecular formula is C11H17NO2. The molecular weight excluding hydrogens is 178 g/mol. The highest BCUT2D eigenvalue weighted by molar-refractivity contribution is 5.27. The predicted molar refractivity (Wildman–Crippen MR) is 56.0 cm³/mol. The van der Waals surface area contributed by atoms with E-state index in [4.69, 9.17) is 10.2 Å². The lowest BCUT2D eigenvalue weighted by molar-refractivity contribution is 0.291. The molecule has 0 bridgehead atoms. The Morgan fingerprint density at radius 1 is 1.00 bits per heavy atom. The Morgan fingerprint density at radius 3 is 2.36 bits per heavy atom. The average Bonchev–Trinajstić information content (AvgIpc) is 2.21. The third-order valence-electron chi connectivity index (χ3n) is 2.10. The summed E-state index contributed by atoms with van der Waals surface area (Å²) in [5, 5.41) is 20.6. The molecule has 0 aliphatic carbocycles. The van der Waals surface area contributed by atoms with E-state index in [9.17, 15) is 0 Å². The van der Waals surface area contributed by atoms with Crippen LogP contribution in [-0.2, 0) is 13.0 Å². The van der Waals surface area contributed by atoms with Gasteiger partial charge in [0, 0.05) is 19.7 Å². The van der Waals surface area contributed by atoms with E-state index >= 15 is 0 Å². The number of nitrogens with one attached hydrogen (secondary N) is 1. The maximum atomic E-state index is 8.86. The summed E-state index contributed by atoms with van der Waals surface area (Å²) in [4.78, 5) is 0. The van der Waals surface area contributed by atoms with Gasteiger partial charge in [-0.25, -0.2) is 0 Å². The first-order valence-electron chi connectivity index (χ1n) is 4.87. The Morgan fingerprint density at radius 2 is 1.71 bits per heavy atom. The van der Waals surface area contributed by atoms with E-state index < -0.39 is 0 Å². The first-order chi connectivity index (χ1) is 6.88. The number of hydrogen-bond acceptors (Lipinski definition) is 3. The quantitative estimate of drug-likeness (QED) is 0.572. The van der Waals surface area contributed by atoms with Crippen molar-refractivity contribution in [1.82, 2.24) is 5.32 Å². The Hall–Kier alpha value is -0.900. The first-order valence-corrected chi connectivity index (χ1v) is 4.87. The molecule has 0 saturated carbocycles. The van der Waals surface area contributed by atoms with Crippen LogP contribution in [0.5, 0.6) is 0 Å². The van der Waals surface area contributed by atoms with E-state index in [1.54, 1.807) is 0 Å². The van der Waals surface area contributed by atoms with Crippen molar-refractivity contribution >= 4 is 0 Å². The fraction of sp³-hybridized carbons (Fsp3) is 0.455. The average molecular weight is 195 g/mol. The van der Waals surface area contributed by atoms with Gasteiger partial charge in [0.2, 0.25) is 0 Å². The van der Waals surface area contributed by atoms with Crippen molar-refractivity contribution in [2.24, 2.45) is 0 Å². The van der Waals surface area contributed by atoms with Crippen LogP contribution < -0.4 is 5.32 Å². The Balaban J connectivity index is 2.55. The van der Waals surface area contributed by atoms with Crippen molar-refractivity contribution < 1.29 is 10.2 Å². The molecule has 3 nitrogen and oxygen atoms in total. The standard InChI is InChI=1S/C11H17NO2/c13-7-5-10-3-1-2-4-11(10)9-12-6-8-14/h1-4,12-14H,5-9H2. The molecule has 0 saturated heterocycles. The molecule has 0 amide bonds. The van der Waals surface area contributed by atoms with Gasteiger partial charge in [-0.2, -0.15) is 0 Å². The Labute approximate surface area is 84.4 Å². The summed E-state index contributed by atoms with van der Waals surface area (Å²) in [6, 6.07) is 8.01. The van der Waals surface area contributed by atoms with Crippen LogP contribution in [0.15, 0.2) is 24.3 Å². The highest BCUT2D eigenvalue weighted by Gasteiger charge is 1.99. The zero-order valence-electron chi connectivity index (χ0n) is 8.24. The minimum atomic E-state index is 0.155. The van der Waals surface area contributed by atoms with Gasteiger partial charge in [0.05, 0.1) is 6.61 Å². The third-order valence-corrected chi connectivity index (χ3v) is 2.10. The molecule has 0 atom stereocenters. The summed E-state index contributed by atoms with van der Waals surface area (Å²) in [5.74, 6) is 0. The van der Waals surface area contributed by atoms with Crippen molar-refractivity contribution in [2.45, 2.75) is 13.0 Å². The van der Waals surface area contributed by atoms with Crippen molar-refractivity contribution in [2.75, 3.05) is 19.8 Å². The second-order valence-corrected chi connectivity index (χ2v) is 3.14. The van der Waals surface area contributed by atoms with Crippen LogP contribution in [0.4, 0.5) is 0 Å². The van der Waals surface area contributed by atoms with Gasteiger partial charge in [0.15, 0.2) is 0 Å². The van der Waals surface area contributed by atoms with Gasteiger partial charge in [0.1, 0.15) is 0 Å². The number of aliphatic hydroxyl groups is 2. The minimum Gasteiger partial charge on any atom is -0.396 e. The molecule has 1 aromatic rings. The second-order valence-electron chi connectivity index (χ2n) is 3.14. The SMILES string of the molecule is OCCNCc1ccccc1CCO. The van der Waals surface area contributed by atoms with E-state index in [0.717, 1.165) is 6.54 Å². The molecule has 0 aliphatic heterocycles. The molecule has 0 heterocycles. The molecule has 1 aromatic carbocycles. The van der Waals surface area contributed by atoms with E-state index in [2.05, 4.69) is 5.32 Å². The second kappa shape index (κ2) is 6.54. The topological polar surface area (TPSA) is 52.5 Å². The highest BCUT2D eigenvalue weighted by Crippen LogP contribution is 2.08. The van der Waals surface area contributed by atoms with Gasteiger partial charge in [-0.05, 0) is 17.5 Å². The van der Waals surface area contributed by atoms with Crippen LogP contribution in [-0.4, -0.2) is 30.0 Å². The fourth-order valence-electron chi connectivity index (χ4n) is 1.40. The first kappa shape index (κ1) is 11.2.